The summed E-state index contributed by atoms with van der Waals surface area (Å²) < 4.78 is 0. The van der Waals surface area contributed by atoms with Gasteiger partial charge in [0.25, 0.3) is 0 Å². The molecule has 5 heteroatoms. The Kier molecular flexibility index (Phi) is 3.99. The summed E-state index contributed by atoms with van der Waals surface area (Å²) in [5, 5.41) is 9.00. The lowest BCUT2D eigenvalue weighted by molar-refractivity contribution is 0.240. The highest BCUT2D eigenvalue weighted by atomic mass is 32.1. The molecular weight excluding hydrogens is 234 g/mol. The van der Waals surface area contributed by atoms with Gasteiger partial charge in [-0.25, -0.2) is 9.78 Å². The summed E-state index contributed by atoms with van der Waals surface area (Å²) in [7, 11) is 0. The number of carbonyl (C=O) groups excluding carboxylic acids is 1. The van der Waals surface area contributed by atoms with Gasteiger partial charge in [-0.3, -0.25) is 0 Å². The summed E-state index contributed by atoms with van der Waals surface area (Å²) in [5.74, 6) is 0.486. The number of hydrogen-bond acceptors (Lipinski definition) is 3. The minimum absolute atomic E-state index is 0.0492. The van der Waals surface area contributed by atoms with E-state index in [0.717, 1.165) is 25.0 Å². The molecule has 0 spiro atoms. The second-order valence-electron chi connectivity index (χ2n) is 4.76. The van der Waals surface area contributed by atoms with Gasteiger partial charge in [0.1, 0.15) is 0 Å². The average Bonchev–Trinajstić information content (AvgIpc) is 2.94. The molecule has 0 aliphatic heterocycles. The summed E-state index contributed by atoms with van der Waals surface area (Å²) >= 11 is 1.70. The standard InChI is InChI=1S/C12H19N3OS/c1-8(2)11-14-10(7-17-11)5-6-13-12(16)15-9-3-4-9/h7-9H,3-6H2,1-2H3,(H2,13,15,16). The van der Waals surface area contributed by atoms with E-state index in [-0.39, 0.29) is 6.03 Å². The molecule has 1 aliphatic carbocycles. The van der Waals surface area contributed by atoms with Crippen LogP contribution in [0.15, 0.2) is 5.38 Å². The number of urea groups is 1. The van der Waals surface area contributed by atoms with Crippen molar-refractivity contribution in [3.63, 3.8) is 0 Å². The Morgan fingerprint density at radius 3 is 2.94 bits per heavy atom. The smallest absolute Gasteiger partial charge is 0.315 e. The van der Waals surface area contributed by atoms with E-state index >= 15 is 0 Å². The first-order chi connectivity index (χ1) is 8.15. The number of carbonyl (C=O) groups is 1. The molecule has 0 saturated heterocycles. The van der Waals surface area contributed by atoms with Crippen LogP contribution in [-0.4, -0.2) is 23.6 Å². The number of amides is 2. The van der Waals surface area contributed by atoms with E-state index in [1.165, 1.54) is 5.01 Å². The fraction of sp³-hybridized carbons (Fsp3) is 0.667. The molecule has 2 rings (SSSR count). The first-order valence-electron chi connectivity index (χ1n) is 6.14. The molecule has 0 aromatic carbocycles. The Balaban J connectivity index is 1.67. The van der Waals surface area contributed by atoms with Crippen molar-refractivity contribution >= 4 is 17.4 Å². The van der Waals surface area contributed by atoms with Crippen LogP contribution >= 0.6 is 11.3 Å². The summed E-state index contributed by atoms with van der Waals surface area (Å²) in [6.45, 7) is 4.94. The van der Waals surface area contributed by atoms with Crippen molar-refractivity contribution in [3.05, 3.63) is 16.1 Å². The van der Waals surface area contributed by atoms with Crippen molar-refractivity contribution < 1.29 is 4.79 Å². The number of thiazole rings is 1. The SMILES string of the molecule is CC(C)c1nc(CCNC(=O)NC2CC2)cs1. The van der Waals surface area contributed by atoms with Crippen molar-refractivity contribution in [2.45, 2.75) is 45.1 Å². The van der Waals surface area contributed by atoms with Crippen molar-refractivity contribution in [1.82, 2.24) is 15.6 Å². The van der Waals surface area contributed by atoms with Crippen molar-refractivity contribution in [2.75, 3.05) is 6.54 Å². The molecule has 1 fully saturated rings. The Bertz CT molecular complexity index is 385. The summed E-state index contributed by atoms with van der Waals surface area (Å²) in [5.41, 5.74) is 1.07. The first kappa shape index (κ1) is 12.4. The molecule has 94 valence electrons. The predicted octanol–water partition coefficient (Wildman–Crippen LogP) is 2.27. The van der Waals surface area contributed by atoms with Crippen LogP contribution in [0.2, 0.25) is 0 Å². The Labute approximate surface area is 106 Å². The van der Waals surface area contributed by atoms with Crippen molar-refractivity contribution in [2.24, 2.45) is 0 Å². The van der Waals surface area contributed by atoms with E-state index in [0.29, 0.717) is 18.5 Å². The quantitative estimate of drug-likeness (QED) is 0.845. The minimum atomic E-state index is -0.0492. The van der Waals surface area contributed by atoms with Crippen LogP contribution in [0.4, 0.5) is 4.79 Å². The van der Waals surface area contributed by atoms with Gasteiger partial charge in [0.05, 0.1) is 10.7 Å². The van der Waals surface area contributed by atoms with E-state index in [1.807, 2.05) is 0 Å². The van der Waals surface area contributed by atoms with Gasteiger partial charge in [-0.2, -0.15) is 0 Å². The fourth-order valence-corrected chi connectivity index (χ4v) is 2.34. The highest BCUT2D eigenvalue weighted by molar-refractivity contribution is 7.09. The lowest BCUT2D eigenvalue weighted by Gasteiger charge is -2.05. The highest BCUT2D eigenvalue weighted by Gasteiger charge is 2.22. The fourth-order valence-electron chi connectivity index (χ4n) is 1.47. The molecule has 2 N–H and O–H groups in total. The Hall–Kier alpha value is -1.10. The normalized spacial score (nSPS) is 15.0. The number of aromatic nitrogens is 1. The molecule has 17 heavy (non-hydrogen) atoms. The molecule has 1 heterocycles. The van der Waals surface area contributed by atoms with E-state index in [2.05, 4.69) is 34.8 Å². The Morgan fingerprint density at radius 2 is 2.35 bits per heavy atom. The van der Waals surface area contributed by atoms with Crippen LogP contribution in [0, 0.1) is 0 Å². The monoisotopic (exact) mass is 253 g/mol. The molecule has 0 unspecified atom stereocenters. The van der Waals surface area contributed by atoms with E-state index in [9.17, 15) is 4.79 Å². The average molecular weight is 253 g/mol. The zero-order chi connectivity index (χ0) is 12.3. The molecule has 1 aromatic rings. The lowest BCUT2D eigenvalue weighted by Crippen LogP contribution is -2.37. The molecule has 0 radical (unpaired) electrons. The van der Waals surface area contributed by atoms with E-state index < -0.39 is 0 Å². The number of nitrogens with one attached hydrogen (secondary N) is 2. The molecule has 1 saturated carbocycles. The highest BCUT2D eigenvalue weighted by Crippen LogP contribution is 2.19. The van der Waals surface area contributed by atoms with Gasteiger partial charge in [-0.15, -0.1) is 11.3 Å². The first-order valence-corrected chi connectivity index (χ1v) is 7.02. The third-order valence-electron chi connectivity index (χ3n) is 2.64. The van der Waals surface area contributed by atoms with Gasteiger partial charge in [0.15, 0.2) is 0 Å². The van der Waals surface area contributed by atoms with E-state index in [4.69, 9.17) is 0 Å². The summed E-state index contributed by atoms with van der Waals surface area (Å²) in [4.78, 5) is 15.9. The molecular formula is C12H19N3OS. The van der Waals surface area contributed by atoms with Crippen LogP contribution < -0.4 is 10.6 Å². The molecule has 1 aliphatic rings. The third kappa shape index (κ3) is 4.00. The molecule has 2 amide bonds. The summed E-state index contributed by atoms with van der Waals surface area (Å²) in [6.07, 6.45) is 3.05. The van der Waals surface area contributed by atoms with Crippen LogP contribution in [0.25, 0.3) is 0 Å². The van der Waals surface area contributed by atoms with Gasteiger partial charge in [-0.1, -0.05) is 13.8 Å². The van der Waals surface area contributed by atoms with Gasteiger partial charge >= 0.3 is 6.03 Å². The predicted molar refractivity (Wildman–Crippen MR) is 69.5 cm³/mol. The van der Waals surface area contributed by atoms with Gasteiger partial charge in [-0.05, 0) is 12.8 Å². The minimum Gasteiger partial charge on any atom is -0.338 e. The lowest BCUT2D eigenvalue weighted by atomic mass is 10.2. The zero-order valence-electron chi connectivity index (χ0n) is 10.3. The van der Waals surface area contributed by atoms with Crippen LogP contribution in [0.5, 0.6) is 0 Å². The van der Waals surface area contributed by atoms with Crippen LogP contribution in [0.1, 0.15) is 43.3 Å². The molecule has 1 aromatic heterocycles. The maximum atomic E-state index is 11.4. The second-order valence-corrected chi connectivity index (χ2v) is 5.65. The Morgan fingerprint density at radius 1 is 1.59 bits per heavy atom. The second kappa shape index (κ2) is 5.49. The molecule has 4 nitrogen and oxygen atoms in total. The van der Waals surface area contributed by atoms with Gasteiger partial charge in [0, 0.05) is 30.3 Å². The van der Waals surface area contributed by atoms with Crippen LogP contribution in [0.3, 0.4) is 0 Å². The molecule has 0 atom stereocenters. The zero-order valence-corrected chi connectivity index (χ0v) is 11.1. The topological polar surface area (TPSA) is 54.0 Å². The van der Waals surface area contributed by atoms with Crippen molar-refractivity contribution in [3.8, 4) is 0 Å². The third-order valence-corrected chi connectivity index (χ3v) is 3.84. The summed E-state index contributed by atoms with van der Waals surface area (Å²) in [6, 6.07) is 0.369. The van der Waals surface area contributed by atoms with E-state index in [1.54, 1.807) is 11.3 Å². The maximum absolute atomic E-state index is 11.4. The van der Waals surface area contributed by atoms with Crippen molar-refractivity contribution in [1.29, 1.82) is 0 Å². The number of hydrogen-bond donors (Lipinski definition) is 2. The largest absolute Gasteiger partial charge is 0.338 e. The van der Waals surface area contributed by atoms with Gasteiger partial charge in [0.2, 0.25) is 0 Å². The maximum Gasteiger partial charge on any atom is 0.315 e. The number of rotatable bonds is 5. The van der Waals surface area contributed by atoms with Crippen LogP contribution in [-0.2, 0) is 6.42 Å². The molecule has 0 bridgehead atoms. The number of nitrogens with zero attached hydrogens (tertiary/aromatic N) is 1. The van der Waals surface area contributed by atoms with Gasteiger partial charge < -0.3 is 10.6 Å².